The van der Waals surface area contributed by atoms with Crippen LogP contribution in [0.15, 0.2) is 29.3 Å². The first kappa shape index (κ1) is 17.0. The lowest BCUT2D eigenvalue weighted by Crippen LogP contribution is -2.06. The Balaban J connectivity index is 1.92. The van der Waals surface area contributed by atoms with Crippen LogP contribution in [0.5, 0.6) is 0 Å². The molecule has 0 atom stereocenters. The van der Waals surface area contributed by atoms with E-state index in [1.165, 1.54) is 28.8 Å². The summed E-state index contributed by atoms with van der Waals surface area (Å²) in [5.74, 6) is 0.217. The fourth-order valence-electron chi connectivity index (χ4n) is 2.42. The molecular formula is C18H17FN2OS2. The van der Waals surface area contributed by atoms with E-state index in [1.54, 1.807) is 23.5 Å². The number of rotatable bonds is 5. The fourth-order valence-corrected chi connectivity index (χ4v) is 4.52. The van der Waals surface area contributed by atoms with Crippen LogP contribution >= 0.6 is 23.1 Å². The highest BCUT2D eigenvalue weighted by molar-refractivity contribution is 8.00. The van der Waals surface area contributed by atoms with Gasteiger partial charge < -0.3 is 0 Å². The molecule has 3 nitrogen and oxygen atoms in total. The second-order valence-corrected chi connectivity index (χ2v) is 7.62. The van der Waals surface area contributed by atoms with Gasteiger partial charge in [-0.2, -0.15) is 0 Å². The summed E-state index contributed by atoms with van der Waals surface area (Å²) < 4.78 is 13.8. The molecule has 0 saturated heterocycles. The van der Waals surface area contributed by atoms with Crippen LogP contribution in [0.25, 0.3) is 10.2 Å². The average molecular weight is 360 g/mol. The van der Waals surface area contributed by atoms with E-state index in [1.807, 2.05) is 13.8 Å². The molecule has 124 valence electrons. The number of carbonyl (C=O) groups excluding carboxylic acids is 1. The van der Waals surface area contributed by atoms with Crippen LogP contribution in [-0.4, -0.2) is 21.5 Å². The smallest absolute Gasteiger partial charge is 0.176 e. The molecule has 0 aliphatic heterocycles. The maximum Gasteiger partial charge on any atom is 0.176 e. The lowest BCUT2D eigenvalue weighted by atomic mass is 10.1. The van der Waals surface area contributed by atoms with Gasteiger partial charge >= 0.3 is 0 Å². The van der Waals surface area contributed by atoms with E-state index in [9.17, 15) is 9.18 Å². The van der Waals surface area contributed by atoms with E-state index in [2.05, 4.69) is 16.9 Å². The number of fused-ring (bicyclic) bond motifs is 1. The van der Waals surface area contributed by atoms with Gasteiger partial charge in [0.25, 0.3) is 0 Å². The number of nitrogens with zero attached hydrogens (tertiary/aromatic N) is 2. The number of thiophene rings is 1. The number of aromatic nitrogens is 2. The van der Waals surface area contributed by atoms with Gasteiger partial charge in [0.2, 0.25) is 0 Å². The minimum atomic E-state index is -0.479. The molecule has 1 aromatic carbocycles. The van der Waals surface area contributed by atoms with Crippen LogP contribution < -0.4 is 0 Å². The van der Waals surface area contributed by atoms with E-state index in [-0.39, 0.29) is 17.1 Å². The number of hydrogen-bond acceptors (Lipinski definition) is 5. The lowest BCUT2D eigenvalue weighted by molar-refractivity contribution is 0.101. The zero-order valence-electron chi connectivity index (χ0n) is 13.7. The molecule has 0 bridgehead atoms. The second-order valence-electron chi connectivity index (χ2n) is 5.45. The molecule has 3 rings (SSSR count). The van der Waals surface area contributed by atoms with Crippen LogP contribution in [0, 0.1) is 19.7 Å². The predicted molar refractivity (Wildman–Crippen MR) is 97.7 cm³/mol. The number of ketones is 1. The molecule has 6 heteroatoms. The van der Waals surface area contributed by atoms with Gasteiger partial charge in [-0.25, -0.2) is 14.4 Å². The SMILES string of the molecule is CCc1nc(SCC(=O)c2ccccc2F)c2c(C)c(C)sc2n1. The maximum absolute atomic E-state index is 13.8. The van der Waals surface area contributed by atoms with E-state index in [4.69, 9.17) is 0 Å². The van der Waals surface area contributed by atoms with Crippen molar-refractivity contribution in [2.24, 2.45) is 0 Å². The third-order valence-corrected chi connectivity index (χ3v) is 5.95. The molecule has 0 spiro atoms. The summed E-state index contributed by atoms with van der Waals surface area (Å²) in [6.07, 6.45) is 0.737. The number of hydrogen-bond donors (Lipinski definition) is 0. The number of benzene rings is 1. The molecule has 0 amide bonds. The van der Waals surface area contributed by atoms with Crippen molar-refractivity contribution >= 4 is 39.1 Å². The summed E-state index contributed by atoms with van der Waals surface area (Å²) >= 11 is 3.00. The number of Topliss-reactive ketones (excluding diaryl/α,β-unsaturated/α-hetero) is 1. The summed E-state index contributed by atoms with van der Waals surface area (Å²) in [7, 11) is 0. The predicted octanol–water partition coefficient (Wildman–Crippen LogP) is 4.98. The molecule has 0 unspecified atom stereocenters. The molecular weight excluding hydrogens is 343 g/mol. The minimum absolute atomic E-state index is 0.129. The van der Waals surface area contributed by atoms with Gasteiger partial charge in [-0.1, -0.05) is 30.8 Å². The third kappa shape index (κ3) is 3.21. The zero-order valence-corrected chi connectivity index (χ0v) is 15.4. The molecule has 3 aromatic rings. The highest BCUT2D eigenvalue weighted by Gasteiger charge is 2.17. The number of carbonyl (C=O) groups is 1. The summed E-state index contributed by atoms with van der Waals surface area (Å²) in [5, 5.41) is 1.82. The Morgan fingerprint density at radius 3 is 2.71 bits per heavy atom. The van der Waals surface area contributed by atoms with Crippen molar-refractivity contribution in [3.05, 3.63) is 51.9 Å². The Labute approximate surface area is 148 Å². The first-order valence-electron chi connectivity index (χ1n) is 7.68. The first-order valence-corrected chi connectivity index (χ1v) is 9.48. The second kappa shape index (κ2) is 6.99. The Bertz CT molecular complexity index is 921. The third-order valence-electron chi connectivity index (χ3n) is 3.87. The molecule has 0 N–H and O–H groups in total. The van der Waals surface area contributed by atoms with Crippen LogP contribution in [0.3, 0.4) is 0 Å². The topological polar surface area (TPSA) is 42.9 Å². The summed E-state index contributed by atoms with van der Waals surface area (Å²) in [5.41, 5.74) is 1.28. The molecule has 2 heterocycles. The van der Waals surface area contributed by atoms with Crippen molar-refractivity contribution < 1.29 is 9.18 Å². The van der Waals surface area contributed by atoms with Crippen LogP contribution in [0.4, 0.5) is 4.39 Å². The fraction of sp³-hybridized carbons (Fsp3) is 0.278. The van der Waals surface area contributed by atoms with E-state index in [0.29, 0.717) is 0 Å². The van der Waals surface area contributed by atoms with Gasteiger partial charge in [0.1, 0.15) is 21.5 Å². The average Bonchev–Trinajstić information content (AvgIpc) is 2.87. The number of aryl methyl sites for hydroxylation is 3. The van der Waals surface area contributed by atoms with Crippen molar-refractivity contribution in [1.29, 1.82) is 0 Å². The van der Waals surface area contributed by atoms with Gasteiger partial charge in [-0.05, 0) is 31.5 Å². The maximum atomic E-state index is 13.8. The summed E-state index contributed by atoms with van der Waals surface area (Å²) in [6, 6.07) is 6.08. The Kier molecular flexibility index (Phi) is 4.96. The van der Waals surface area contributed by atoms with Crippen LogP contribution in [-0.2, 0) is 6.42 Å². The summed E-state index contributed by atoms with van der Waals surface area (Å²) in [4.78, 5) is 23.7. The van der Waals surface area contributed by atoms with Crippen molar-refractivity contribution in [3.63, 3.8) is 0 Å². The van der Waals surface area contributed by atoms with Crippen molar-refractivity contribution in [1.82, 2.24) is 9.97 Å². The quantitative estimate of drug-likeness (QED) is 0.365. The Morgan fingerprint density at radius 1 is 1.25 bits per heavy atom. The molecule has 24 heavy (non-hydrogen) atoms. The summed E-state index contributed by atoms with van der Waals surface area (Å²) in [6.45, 7) is 6.12. The highest BCUT2D eigenvalue weighted by Crippen LogP contribution is 2.35. The first-order chi connectivity index (χ1) is 11.5. The Hall–Kier alpha value is -1.79. The molecule has 0 saturated carbocycles. The highest BCUT2D eigenvalue weighted by atomic mass is 32.2. The molecule has 0 radical (unpaired) electrons. The molecule has 2 aromatic heterocycles. The van der Waals surface area contributed by atoms with Crippen molar-refractivity contribution in [2.45, 2.75) is 32.2 Å². The Morgan fingerprint density at radius 2 is 2.00 bits per heavy atom. The largest absolute Gasteiger partial charge is 0.293 e. The van der Waals surface area contributed by atoms with Crippen LogP contribution in [0.1, 0.15) is 33.5 Å². The lowest BCUT2D eigenvalue weighted by Gasteiger charge is -2.06. The van der Waals surface area contributed by atoms with Gasteiger partial charge in [-0.3, -0.25) is 4.79 Å². The monoisotopic (exact) mass is 360 g/mol. The molecule has 0 aliphatic carbocycles. The van der Waals surface area contributed by atoms with Gasteiger partial charge in [0.15, 0.2) is 5.78 Å². The zero-order chi connectivity index (χ0) is 17.3. The van der Waals surface area contributed by atoms with Crippen molar-refractivity contribution in [2.75, 3.05) is 5.75 Å². The van der Waals surface area contributed by atoms with Gasteiger partial charge in [0, 0.05) is 16.7 Å². The van der Waals surface area contributed by atoms with Crippen molar-refractivity contribution in [3.8, 4) is 0 Å². The van der Waals surface area contributed by atoms with Crippen LogP contribution in [0.2, 0.25) is 0 Å². The van der Waals surface area contributed by atoms with E-state index < -0.39 is 5.82 Å². The molecule has 0 fully saturated rings. The number of thioether (sulfide) groups is 1. The standard InChI is InChI=1S/C18H17FN2OS2/c1-4-15-20-17(16-10(2)11(3)24-18(16)21-15)23-9-14(22)12-7-5-6-8-13(12)19/h5-8H,4,9H2,1-3H3. The van der Waals surface area contributed by atoms with Gasteiger partial charge in [0.05, 0.1) is 11.3 Å². The van der Waals surface area contributed by atoms with E-state index in [0.717, 1.165) is 33.1 Å². The number of halogens is 1. The van der Waals surface area contributed by atoms with Gasteiger partial charge in [-0.15, -0.1) is 11.3 Å². The minimum Gasteiger partial charge on any atom is -0.293 e. The normalized spacial score (nSPS) is 11.2. The van der Waals surface area contributed by atoms with E-state index >= 15 is 0 Å². The molecule has 0 aliphatic rings.